The minimum Gasteiger partial charge on any atom is -0.479 e. The molecule has 0 bridgehead atoms. The molecule has 0 spiro atoms. The van der Waals surface area contributed by atoms with Crippen LogP contribution in [0.15, 0.2) is 36.4 Å². The maximum Gasteiger partial charge on any atom is 0.238 e. The van der Waals surface area contributed by atoms with Crippen molar-refractivity contribution in [1.29, 1.82) is 0 Å². The Bertz CT molecular complexity index is 606. The molecule has 1 saturated heterocycles. The van der Waals surface area contributed by atoms with Gasteiger partial charge in [-0.25, -0.2) is 0 Å². The Morgan fingerprint density at radius 1 is 1.10 bits per heavy atom. The Kier molecular flexibility index (Phi) is 3.81. The van der Waals surface area contributed by atoms with Crippen LogP contribution in [-0.4, -0.2) is 25.2 Å². The zero-order chi connectivity index (χ0) is 14.7. The van der Waals surface area contributed by atoms with Gasteiger partial charge < -0.3 is 20.7 Å². The van der Waals surface area contributed by atoms with Gasteiger partial charge in [0, 0.05) is 24.5 Å². The largest absolute Gasteiger partial charge is 0.479 e. The highest BCUT2D eigenvalue weighted by atomic mass is 16.5. The summed E-state index contributed by atoms with van der Waals surface area (Å²) in [5.74, 6) is 1.16. The van der Waals surface area contributed by atoms with Gasteiger partial charge in [0.2, 0.25) is 5.88 Å². The van der Waals surface area contributed by atoms with Gasteiger partial charge in [-0.15, -0.1) is 0 Å². The van der Waals surface area contributed by atoms with Crippen molar-refractivity contribution in [2.45, 2.75) is 12.8 Å². The van der Waals surface area contributed by atoms with Crippen molar-refractivity contribution in [3.05, 3.63) is 36.4 Å². The zero-order valence-electron chi connectivity index (χ0n) is 12.2. The molecule has 2 aromatic rings. The van der Waals surface area contributed by atoms with Crippen LogP contribution < -0.4 is 20.7 Å². The molecular formula is C16H20N4O. The molecule has 5 heteroatoms. The average molecular weight is 284 g/mol. The van der Waals surface area contributed by atoms with Crippen molar-refractivity contribution in [2.75, 3.05) is 36.1 Å². The van der Waals surface area contributed by atoms with Crippen molar-refractivity contribution in [3.63, 3.8) is 0 Å². The van der Waals surface area contributed by atoms with Gasteiger partial charge in [-0.1, -0.05) is 0 Å². The molecule has 5 nitrogen and oxygen atoms in total. The standard InChI is InChI=1S/C16H20N4O/c1-21-16-14(17)8-9-15(19-16)18-12-4-6-13(7-5-12)20-10-2-3-11-20/h4-9H,2-3,10-11,17H2,1H3,(H,18,19). The van der Waals surface area contributed by atoms with E-state index < -0.39 is 0 Å². The van der Waals surface area contributed by atoms with Crippen molar-refractivity contribution in [1.82, 2.24) is 4.98 Å². The summed E-state index contributed by atoms with van der Waals surface area (Å²) in [6.45, 7) is 2.31. The van der Waals surface area contributed by atoms with Crippen LogP contribution in [0.5, 0.6) is 5.88 Å². The van der Waals surface area contributed by atoms with Gasteiger partial charge in [-0.05, 0) is 49.2 Å². The third kappa shape index (κ3) is 3.02. The van der Waals surface area contributed by atoms with Crippen LogP contribution in [0.25, 0.3) is 0 Å². The molecule has 1 aliphatic heterocycles. The van der Waals surface area contributed by atoms with Crippen molar-refractivity contribution in [3.8, 4) is 5.88 Å². The Morgan fingerprint density at radius 2 is 1.81 bits per heavy atom. The Labute approximate surface area is 124 Å². The highest BCUT2D eigenvalue weighted by Crippen LogP contribution is 2.25. The van der Waals surface area contributed by atoms with E-state index in [-0.39, 0.29) is 0 Å². The second kappa shape index (κ2) is 5.91. The van der Waals surface area contributed by atoms with E-state index in [1.54, 1.807) is 13.2 Å². The minimum absolute atomic E-state index is 0.439. The Balaban J connectivity index is 1.72. The maximum absolute atomic E-state index is 5.76. The number of anilines is 4. The number of rotatable bonds is 4. The van der Waals surface area contributed by atoms with Gasteiger partial charge in [-0.2, -0.15) is 4.98 Å². The van der Waals surface area contributed by atoms with Crippen molar-refractivity contribution in [2.24, 2.45) is 0 Å². The molecule has 2 heterocycles. The fourth-order valence-corrected chi connectivity index (χ4v) is 2.56. The summed E-state index contributed by atoms with van der Waals surface area (Å²) in [5.41, 5.74) is 8.57. The van der Waals surface area contributed by atoms with Gasteiger partial charge in [0.1, 0.15) is 5.82 Å². The van der Waals surface area contributed by atoms with Gasteiger partial charge >= 0.3 is 0 Å². The second-order valence-corrected chi connectivity index (χ2v) is 5.16. The molecule has 1 aliphatic rings. The first-order valence-electron chi connectivity index (χ1n) is 7.19. The van der Waals surface area contributed by atoms with E-state index in [4.69, 9.17) is 10.5 Å². The third-order valence-corrected chi connectivity index (χ3v) is 3.69. The number of hydrogen-bond donors (Lipinski definition) is 2. The molecular weight excluding hydrogens is 264 g/mol. The summed E-state index contributed by atoms with van der Waals surface area (Å²) < 4.78 is 5.13. The normalized spacial score (nSPS) is 14.2. The maximum atomic E-state index is 5.76. The minimum atomic E-state index is 0.439. The van der Waals surface area contributed by atoms with Gasteiger partial charge in [-0.3, -0.25) is 0 Å². The van der Waals surface area contributed by atoms with Crippen molar-refractivity contribution >= 4 is 22.9 Å². The molecule has 0 radical (unpaired) electrons. The number of methoxy groups -OCH3 is 1. The van der Waals surface area contributed by atoms with Crippen LogP contribution in [-0.2, 0) is 0 Å². The van der Waals surface area contributed by atoms with Crippen LogP contribution in [0.1, 0.15) is 12.8 Å². The Hall–Kier alpha value is -2.43. The molecule has 0 saturated carbocycles. The van der Waals surface area contributed by atoms with E-state index >= 15 is 0 Å². The quantitative estimate of drug-likeness (QED) is 0.903. The Morgan fingerprint density at radius 3 is 2.48 bits per heavy atom. The molecule has 1 aromatic carbocycles. The highest BCUT2D eigenvalue weighted by molar-refractivity contribution is 5.63. The lowest BCUT2D eigenvalue weighted by Gasteiger charge is -2.18. The van der Waals surface area contributed by atoms with Crippen LogP contribution in [0, 0.1) is 0 Å². The lowest BCUT2D eigenvalue weighted by Crippen LogP contribution is -2.17. The predicted octanol–water partition coefficient (Wildman–Crippen LogP) is 3.02. The molecule has 0 aliphatic carbocycles. The smallest absolute Gasteiger partial charge is 0.238 e. The summed E-state index contributed by atoms with van der Waals surface area (Å²) >= 11 is 0. The third-order valence-electron chi connectivity index (χ3n) is 3.69. The summed E-state index contributed by atoms with van der Waals surface area (Å²) in [6.07, 6.45) is 2.57. The molecule has 0 amide bonds. The molecule has 0 unspecified atom stereocenters. The summed E-state index contributed by atoms with van der Waals surface area (Å²) in [4.78, 5) is 6.73. The number of ether oxygens (including phenoxy) is 1. The fraction of sp³-hybridized carbons (Fsp3) is 0.312. The lowest BCUT2D eigenvalue weighted by atomic mass is 10.2. The number of pyridine rings is 1. The molecule has 21 heavy (non-hydrogen) atoms. The highest BCUT2D eigenvalue weighted by Gasteiger charge is 2.11. The zero-order valence-corrected chi connectivity index (χ0v) is 12.2. The van der Waals surface area contributed by atoms with E-state index in [2.05, 4.69) is 39.5 Å². The summed E-state index contributed by atoms with van der Waals surface area (Å²) in [5, 5.41) is 3.26. The van der Waals surface area contributed by atoms with Crippen LogP contribution in [0.2, 0.25) is 0 Å². The molecule has 3 N–H and O–H groups in total. The monoisotopic (exact) mass is 284 g/mol. The number of benzene rings is 1. The van der Waals surface area contributed by atoms with Crippen molar-refractivity contribution < 1.29 is 4.74 Å². The first-order valence-corrected chi connectivity index (χ1v) is 7.19. The second-order valence-electron chi connectivity index (χ2n) is 5.16. The van der Waals surface area contributed by atoms with E-state index in [0.717, 1.165) is 24.6 Å². The molecule has 3 rings (SSSR count). The van der Waals surface area contributed by atoms with Gasteiger partial charge in [0.05, 0.1) is 12.8 Å². The summed E-state index contributed by atoms with van der Waals surface area (Å²) in [6, 6.07) is 12.0. The van der Waals surface area contributed by atoms with Crippen LogP contribution in [0.4, 0.5) is 22.9 Å². The van der Waals surface area contributed by atoms with E-state index in [9.17, 15) is 0 Å². The first-order chi connectivity index (χ1) is 10.3. The van der Waals surface area contributed by atoms with E-state index in [1.165, 1.54) is 18.5 Å². The van der Waals surface area contributed by atoms with E-state index in [0.29, 0.717) is 11.6 Å². The predicted molar refractivity (Wildman–Crippen MR) is 86.4 cm³/mol. The fourth-order valence-electron chi connectivity index (χ4n) is 2.56. The lowest BCUT2D eigenvalue weighted by molar-refractivity contribution is 0.401. The number of aromatic nitrogens is 1. The van der Waals surface area contributed by atoms with Gasteiger partial charge in [0.15, 0.2) is 0 Å². The number of nitrogens with one attached hydrogen (secondary N) is 1. The molecule has 0 atom stereocenters. The number of nitrogens with two attached hydrogens (primary N) is 1. The topological polar surface area (TPSA) is 63.4 Å². The van der Waals surface area contributed by atoms with E-state index in [1.807, 2.05) is 6.07 Å². The molecule has 1 aromatic heterocycles. The number of nitrogens with zero attached hydrogens (tertiary/aromatic N) is 2. The van der Waals surface area contributed by atoms with Crippen LogP contribution in [0.3, 0.4) is 0 Å². The number of nitrogen functional groups attached to an aromatic ring is 1. The SMILES string of the molecule is COc1nc(Nc2ccc(N3CCCC3)cc2)ccc1N. The molecule has 110 valence electrons. The van der Waals surface area contributed by atoms with Crippen LogP contribution >= 0.6 is 0 Å². The molecule has 1 fully saturated rings. The number of hydrogen-bond acceptors (Lipinski definition) is 5. The summed E-state index contributed by atoms with van der Waals surface area (Å²) in [7, 11) is 1.56. The average Bonchev–Trinajstić information content (AvgIpc) is 3.04. The first kappa shape index (κ1) is 13.5. The van der Waals surface area contributed by atoms with Gasteiger partial charge in [0.25, 0.3) is 0 Å².